The van der Waals surface area contributed by atoms with E-state index >= 15 is 0 Å². The zero-order valence-electron chi connectivity index (χ0n) is 23.0. The fourth-order valence-electron chi connectivity index (χ4n) is 5.51. The number of anilines is 1. The number of Topliss-reactive ketones (excluding diaryl/α,β-unsaturated/α-hetero) is 1. The van der Waals surface area contributed by atoms with Crippen molar-refractivity contribution < 1.29 is 61.5 Å². The number of nitrogens with two attached hydrogens (primary N) is 2. The van der Waals surface area contributed by atoms with Crippen molar-refractivity contribution in [3.63, 3.8) is 0 Å². The van der Waals surface area contributed by atoms with Crippen LogP contribution >= 0.6 is 15.6 Å². The Balaban J connectivity index is 1.20. The summed E-state index contributed by atoms with van der Waals surface area (Å²) < 4.78 is 60.8. The molecule has 25 heteroatoms. The van der Waals surface area contributed by atoms with Crippen molar-refractivity contribution in [2.24, 2.45) is 10.7 Å². The number of amidine groups is 1. The summed E-state index contributed by atoms with van der Waals surface area (Å²) >= 11 is 0. The minimum absolute atomic E-state index is 0.0480. The van der Waals surface area contributed by atoms with Crippen LogP contribution in [0, 0.1) is 0 Å². The molecule has 0 spiro atoms. The number of ether oxygens (including phenoxy) is 2. The quantitative estimate of drug-likeness (QED) is 0.139. The molecule has 9 N–H and O–H groups in total. The summed E-state index contributed by atoms with van der Waals surface area (Å²) in [6, 6.07) is 0. The Bertz CT molecular complexity index is 1910. The van der Waals surface area contributed by atoms with E-state index in [-0.39, 0.29) is 40.9 Å². The molecule has 10 atom stereocenters. The molecule has 3 fully saturated rings. The van der Waals surface area contributed by atoms with E-state index in [9.17, 15) is 38.7 Å². The first-order valence-electron chi connectivity index (χ1n) is 13.4. The predicted molar refractivity (Wildman–Crippen MR) is 146 cm³/mol. The van der Waals surface area contributed by atoms with Crippen molar-refractivity contribution in [2.45, 2.75) is 55.5 Å². The fraction of sp³-hybridized carbons (Fsp3) is 0.524. The molecule has 0 saturated carbocycles. The number of nitrogens with zero attached hydrogens (tertiary/aromatic N) is 6. The Morgan fingerprint density at radius 3 is 2.28 bits per heavy atom. The van der Waals surface area contributed by atoms with Gasteiger partial charge in [-0.05, 0) is 0 Å². The molecular formula is C21H25N9O14P2. The average Bonchev–Trinajstić information content (AvgIpc) is 3.72. The maximum absolute atomic E-state index is 13.2. The van der Waals surface area contributed by atoms with E-state index in [4.69, 9.17) is 39.0 Å². The monoisotopic (exact) mass is 689 g/mol. The molecule has 23 nitrogen and oxygen atoms in total. The Kier molecular flexibility index (Phi) is 7.51. The van der Waals surface area contributed by atoms with Crippen LogP contribution in [0.2, 0.25) is 0 Å². The van der Waals surface area contributed by atoms with Gasteiger partial charge in [-0.15, -0.1) is 0 Å². The number of carbonyl (C=O) groups excluding carboxylic acids is 1. The third kappa shape index (κ3) is 5.39. The number of aliphatic imine (C=N–C) groups is 1. The molecule has 0 radical (unpaired) electrons. The van der Waals surface area contributed by atoms with E-state index in [0.29, 0.717) is 0 Å². The van der Waals surface area contributed by atoms with Crippen molar-refractivity contribution in [1.82, 2.24) is 29.1 Å². The number of phosphoric ester groups is 2. The standard InChI is InChI=1S/C21H25N9O14P2/c22-9-1-6(31)10-16(26-9)30(4-24-10)20-15-12(32)7(41-20)2-39-45(35,36)43-14-8(3-40-46(37,38)44-15)42-19(13(14)33)29-5-25-11-17(29)27-21(23)28-18(11)34/h4-5,7-8,12-15,19-20,32-33H,1-3H2,(H2,22,26)(H,35,36)(H,37,38)(H3,23,27,28,34). The highest BCUT2D eigenvalue weighted by Gasteiger charge is 2.54. The summed E-state index contributed by atoms with van der Waals surface area (Å²) in [6.07, 6.45) is -11.0. The third-order valence-electron chi connectivity index (χ3n) is 7.56. The van der Waals surface area contributed by atoms with Crippen LogP contribution in [0.15, 0.2) is 22.4 Å². The second kappa shape index (κ2) is 11.1. The Morgan fingerprint density at radius 2 is 1.54 bits per heavy atom. The van der Waals surface area contributed by atoms with Crippen molar-refractivity contribution >= 4 is 50.2 Å². The topological polar surface area (TPSA) is 333 Å². The molecule has 4 aliphatic rings. The number of aromatic nitrogens is 6. The largest absolute Gasteiger partial charge is 0.472 e. The third-order valence-corrected chi connectivity index (χ3v) is 9.53. The number of carbonyl (C=O) groups is 1. The van der Waals surface area contributed by atoms with Crippen molar-refractivity contribution in [3.05, 3.63) is 28.7 Å². The van der Waals surface area contributed by atoms with Gasteiger partial charge < -0.3 is 40.9 Å². The number of ketones is 1. The van der Waals surface area contributed by atoms with Crippen LogP contribution in [-0.4, -0.2) is 111 Å². The number of rotatable bonds is 2. The van der Waals surface area contributed by atoms with Crippen molar-refractivity contribution in [3.8, 4) is 0 Å². The summed E-state index contributed by atoms with van der Waals surface area (Å²) in [7, 11) is -10.3. The minimum Gasteiger partial charge on any atom is -0.387 e. The van der Waals surface area contributed by atoms with E-state index < -0.39 is 89.3 Å². The number of aliphatic hydroxyl groups is 2. The molecule has 3 aromatic heterocycles. The molecule has 0 amide bonds. The summed E-state index contributed by atoms with van der Waals surface area (Å²) in [5, 5.41) is 22.1. The number of nitrogen functional groups attached to an aromatic ring is 1. The van der Waals surface area contributed by atoms with Crippen molar-refractivity contribution in [1.29, 1.82) is 0 Å². The fourth-order valence-corrected chi connectivity index (χ4v) is 7.41. The number of aliphatic hydroxyl groups excluding tert-OH is 2. The van der Waals surface area contributed by atoms with Crippen LogP contribution in [0.3, 0.4) is 0 Å². The summed E-state index contributed by atoms with van der Waals surface area (Å²) in [6.45, 7) is -1.72. The smallest absolute Gasteiger partial charge is 0.387 e. The Morgan fingerprint density at radius 1 is 0.891 bits per heavy atom. The average molecular weight is 689 g/mol. The lowest BCUT2D eigenvalue weighted by Crippen LogP contribution is -2.36. The molecule has 0 aliphatic carbocycles. The van der Waals surface area contributed by atoms with Gasteiger partial charge in [0.05, 0.1) is 32.3 Å². The number of imidazole rings is 2. The van der Waals surface area contributed by atoms with E-state index in [1.165, 1.54) is 0 Å². The second-order valence-corrected chi connectivity index (χ2v) is 13.4. The van der Waals surface area contributed by atoms with Gasteiger partial charge in [-0.2, -0.15) is 4.98 Å². The number of fused-ring (bicyclic) bond motifs is 5. The molecular weight excluding hydrogens is 664 g/mol. The van der Waals surface area contributed by atoms with Crippen LogP contribution in [-0.2, 0) is 36.7 Å². The van der Waals surface area contributed by atoms with Crippen LogP contribution in [0.25, 0.3) is 11.2 Å². The SMILES string of the molecule is NC1=Nc2c(ncn2C2OC3COP(=O)(O)OC4C(COP(=O)(O)OC2C3O)OC(n2cnc3c(=O)[nH]c(N)nc32)C4O)C(=O)C1. The van der Waals surface area contributed by atoms with Gasteiger partial charge in [-0.1, -0.05) is 0 Å². The molecule has 7 rings (SSSR count). The molecule has 248 valence electrons. The molecule has 10 unspecified atom stereocenters. The number of nitrogens with one attached hydrogen (secondary N) is 1. The Hall–Kier alpha value is -3.44. The summed E-state index contributed by atoms with van der Waals surface area (Å²) in [5.41, 5.74) is 10.3. The lowest BCUT2D eigenvalue weighted by atomic mass is 10.1. The van der Waals surface area contributed by atoms with Gasteiger partial charge in [-0.3, -0.25) is 41.8 Å². The maximum Gasteiger partial charge on any atom is 0.472 e. The van der Waals surface area contributed by atoms with Gasteiger partial charge in [0.1, 0.15) is 42.5 Å². The van der Waals surface area contributed by atoms with Crippen LogP contribution in [0.1, 0.15) is 29.4 Å². The lowest BCUT2D eigenvalue weighted by molar-refractivity contribution is -0.0677. The van der Waals surface area contributed by atoms with Crippen molar-refractivity contribution in [2.75, 3.05) is 18.9 Å². The van der Waals surface area contributed by atoms with Gasteiger partial charge in [0.2, 0.25) is 5.95 Å². The van der Waals surface area contributed by atoms with Gasteiger partial charge in [0.25, 0.3) is 5.56 Å². The molecule has 3 aromatic rings. The maximum atomic E-state index is 13.2. The van der Waals surface area contributed by atoms with E-state index in [0.717, 1.165) is 21.8 Å². The van der Waals surface area contributed by atoms with Gasteiger partial charge in [-0.25, -0.2) is 24.1 Å². The Labute approximate surface area is 254 Å². The number of hydrogen-bond donors (Lipinski definition) is 7. The first kappa shape index (κ1) is 31.2. The molecule has 46 heavy (non-hydrogen) atoms. The molecule has 2 bridgehead atoms. The minimum atomic E-state index is -5.15. The zero-order chi connectivity index (χ0) is 32.7. The zero-order valence-corrected chi connectivity index (χ0v) is 24.8. The van der Waals surface area contributed by atoms with E-state index in [2.05, 4.69) is 24.9 Å². The number of hydrogen-bond acceptors (Lipinski definition) is 18. The molecule has 0 aromatic carbocycles. The lowest BCUT2D eigenvalue weighted by Gasteiger charge is -2.26. The van der Waals surface area contributed by atoms with E-state index in [1.807, 2.05) is 0 Å². The normalized spacial score (nSPS) is 38.4. The highest BCUT2D eigenvalue weighted by atomic mass is 31.2. The first-order valence-corrected chi connectivity index (χ1v) is 16.3. The molecule has 7 heterocycles. The number of H-pyrrole nitrogens is 1. The highest BCUT2D eigenvalue weighted by Crippen LogP contribution is 2.54. The van der Waals surface area contributed by atoms with Crippen LogP contribution in [0.5, 0.6) is 0 Å². The second-order valence-electron chi connectivity index (χ2n) is 10.6. The first-order chi connectivity index (χ1) is 21.7. The van der Waals surface area contributed by atoms with Gasteiger partial charge >= 0.3 is 15.6 Å². The van der Waals surface area contributed by atoms with Gasteiger partial charge in [0, 0.05) is 0 Å². The predicted octanol–water partition coefficient (Wildman–Crippen LogP) is -2.29. The van der Waals surface area contributed by atoms with Gasteiger partial charge in [0.15, 0.2) is 40.9 Å². The van der Waals surface area contributed by atoms with E-state index in [1.54, 1.807) is 0 Å². The highest BCUT2D eigenvalue weighted by molar-refractivity contribution is 7.47. The number of aromatic amines is 1. The number of phosphoric acid groups is 2. The van der Waals surface area contributed by atoms with Crippen LogP contribution < -0.4 is 17.0 Å². The summed E-state index contributed by atoms with van der Waals surface area (Å²) in [4.78, 5) is 64.2. The molecule has 3 saturated heterocycles. The summed E-state index contributed by atoms with van der Waals surface area (Å²) in [5.74, 6) is -0.876. The molecule has 4 aliphatic heterocycles. The van der Waals surface area contributed by atoms with Crippen LogP contribution in [0.4, 0.5) is 11.8 Å².